The second-order valence-corrected chi connectivity index (χ2v) is 7.79. The van der Waals surface area contributed by atoms with Gasteiger partial charge in [-0.05, 0) is 62.9 Å². The third-order valence-electron chi connectivity index (χ3n) is 3.13. The standard InChI is InChI=1S/C12H19Br2NS/c1-4-8(5-2)6-10(15-3)9-7-11(13)16-12(9)14/h7-8,10,15H,4-6H2,1-3H3. The molecule has 0 aliphatic carbocycles. The summed E-state index contributed by atoms with van der Waals surface area (Å²) in [7, 11) is 2.05. The Labute approximate surface area is 119 Å². The van der Waals surface area contributed by atoms with Crippen molar-refractivity contribution in [2.24, 2.45) is 5.92 Å². The highest BCUT2D eigenvalue weighted by Crippen LogP contribution is 2.38. The van der Waals surface area contributed by atoms with E-state index in [4.69, 9.17) is 0 Å². The molecule has 0 aliphatic heterocycles. The van der Waals surface area contributed by atoms with Crippen molar-refractivity contribution in [2.45, 2.75) is 39.2 Å². The fourth-order valence-electron chi connectivity index (χ4n) is 1.95. The van der Waals surface area contributed by atoms with Crippen molar-refractivity contribution < 1.29 is 0 Å². The van der Waals surface area contributed by atoms with Gasteiger partial charge in [0.25, 0.3) is 0 Å². The van der Waals surface area contributed by atoms with Gasteiger partial charge in [0.15, 0.2) is 0 Å². The molecule has 0 aromatic carbocycles. The highest BCUT2D eigenvalue weighted by Gasteiger charge is 2.18. The van der Waals surface area contributed by atoms with Crippen molar-refractivity contribution in [2.75, 3.05) is 7.05 Å². The molecule has 0 saturated heterocycles. The molecule has 4 heteroatoms. The third-order valence-corrected chi connectivity index (χ3v) is 5.52. The largest absolute Gasteiger partial charge is 0.313 e. The first-order valence-corrected chi connectivity index (χ1v) is 8.14. The summed E-state index contributed by atoms with van der Waals surface area (Å²) < 4.78 is 2.43. The number of thiophene rings is 1. The summed E-state index contributed by atoms with van der Waals surface area (Å²) in [6.07, 6.45) is 3.74. The molecule has 0 bridgehead atoms. The molecule has 0 spiro atoms. The Hall–Kier alpha value is 0.620. The smallest absolute Gasteiger partial charge is 0.0758 e. The average Bonchev–Trinajstić information content (AvgIpc) is 2.60. The Morgan fingerprint density at radius 1 is 1.31 bits per heavy atom. The topological polar surface area (TPSA) is 12.0 Å². The van der Waals surface area contributed by atoms with E-state index in [-0.39, 0.29) is 0 Å². The highest BCUT2D eigenvalue weighted by atomic mass is 79.9. The SMILES string of the molecule is CCC(CC)CC(NC)c1cc(Br)sc1Br. The van der Waals surface area contributed by atoms with Gasteiger partial charge >= 0.3 is 0 Å². The molecule has 1 aromatic rings. The summed E-state index contributed by atoms with van der Waals surface area (Å²) in [6.45, 7) is 4.55. The van der Waals surface area contributed by atoms with Crippen molar-refractivity contribution in [1.82, 2.24) is 5.32 Å². The molecular formula is C12H19Br2NS. The first-order valence-electron chi connectivity index (χ1n) is 5.74. The van der Waals surface area contributed by atoms with Crippen molar-refractivity contribution in [3.63, 3.8) is 0 Å². The van der Waals surface area contributed by atoms with Crippen LogP contribution in [0.4, 0.5) is 0 Å². The number of nitrogens with one attached hydrogen (secondary N) is 1. The van der Waals surface area contributed by atoms with Crippen molar-refractivity contribution in [1.29, 1.82) is 0 Å². The summed E-state index contributed by atoms with van der Waals surface area (Å²) in [5.41, 5.74) is 1.38. The van der Waals surface area contributed by atoms with E-state index in [1.807, 2.05) is 7.05 Å². The second-order valence-electron chi connectivity index (χ2n) is 4.04. The molecule has 1 unspecified atom stereocenters. The maximum atomic E-state index is 3.64. The molecule has 0 saturated carbocycles. The van der Waals surface area contributed by atoms with E-state index in [0.29, 0.717) is 6.04 Å². The maximum absolute atomic E-state index is 3.64. The van der Waals surface area contributed by atoms with Gasteiger partial charge in [-0.1, -0.05) is 26.7 Å². The minimum absolute atomic E-state index is 0.460. The van der Waals surface area contributed by atoms with Crippen LogP contribution in [-0.2, 0) is 0 Å². The van der Waals surface area contributed by atoms with Gasteiger partial charge in [-0.3, -0.25) is 0 Å². The Morgan fingerprint density at radius 2 is 1.94 bits per heavy atom. The highest BCUT2D eigenvalue weighted by molar-refractivity contribution is 9.12. The molecule has 1 heterocycles. The zero-order valence-corrected chi connectivity index (χ0v) is 14.0. The van der Waals surface area contributed by atoms with Gasteiger partial charge in [-0.15, -0.1) is 11.3 Å². The Kier molecular flexibility index (Phi) is 6.55. The lowest BCUT2D eigenvalue weighted by Crippen LogP contribution is -2.19. The van der Waals surface area contributed by atoms with Gasteiger partial charge in [0, 0.05) is 6.04 Å². The molecule has 1 atom stereocenters. The van der Waals surface area contributed by atoms with Gasteiger partial charge in [0.05, 0.1) is 7.57 Å². The zero-order chi connectivity index (χ0) is 12.1. The third kappa shape index (κ3) is 3.83. The van der Waals surface area contributed by atoms with Gasteiger partial charge < -0.3 is 5.32 Å². The molecule has 0 amide bonds. The van der Waals surface area contributed by atoms with Crippen LogP contribution in [0.15, 0.2) is 13.6 Å². The van der Waals surface area contributed by atoms with Crippen LogP contribution in [-0.4, -0.2) is 7.05 Å². The summed E-state index contributed by atoms with van der Waals surface area (Å²) in [5.74, 6) is 0.808. The lowest BCUT2D eigenvalue weighted by molar-refractivity contribution is 0.385. The van der Waals surface area contributed by atoms with Crippen LogP contribution in [0.1, 0.15) is 44.7 Å². The van der Waals surface area contributed by atoms with E-state index in [2.05, 4.69) is 57.1 Å². The van der Waals surface area contributed by atoms with E-state index >= 15 is 0 Å². The number of hydrogen-bond donors (Lipinski definition) is 1. The van der Waals surface area contributed by atoms with Crippen LogP contribution >= 0.6 is 43.2 Å². The molecule has 0 fully saturated rings. The molecule has 16 heavy (non-hydrogen) atoms. The molecule has 1 N–H and O–H groups in total. The van der Waals surface area contributed by atoms with Crippen LogP contribution in [0.2, 0.25) is 0 Å². The summed E-state index contributed by atoms with van der Waals surface area (Å²) in [5, 5.41) is 3.43. The number of halogens is 2. The second kappa shape index (κ2) is 7.14. The van der Waals surface area contributed by atoms with Crippen LogP contribution < -0.4 is 5.32 Å². The van der Waals surface area contributed by atoms with E-state index in [1.165, 1.54) is 32.4 Å². The van der Waals surface area contributed by atoms with Gasteiger partial charge in [-0.2, -0.15) is 0 Å². The van der Waals surface area contributed by atoms with Crippen molar-refractivity contribution >= 4 is 43.2 Å². The van der Waals surface area contributed by atoms with Crippen LogP contribution in [0.3, 0.4) is 0 Å². The molecule has 0 aliphatic rings. The van der Waals surface area contributed by atoms with Gasteiger partial charge in [-0.25, -0.2) is 0 Å². The summed E-state index contributed by atoms with van der Waals surface area (Å²) in [6, 6.07) is 2.68. The quantitative estimate of drug-likeness (QED) is 0.712. The summed E-state index contributed by atoms with van der Waals surface area (Å²) in [4.78, 5) is 0. The Balaban J connectivity index is 2.77. The van der Waals surface area contributed by atoms with Crippen molar-refractivity contribution in [3.8, 4) is 0 Å². The van der Waals surface area contributed by atoms with E-state index in [1.54, 1.807) is 11.3 Å². The van der Waals surface area contributed by atoms with Gasteiger partial charge in [0.1, 0.15) is 0 Å². The van der Waals surface area contributed by atoms with E-state index < -0.39 is 0 Å². The zero-order valence-electron chi connectivity index (χ0n) is 10.0. The number of hydrogen-bond acceptors (Lipinski definition) is 2. The predicted molar refractivity (Wildman–Crippen MR) is 80.2 cm³/mol. The molecule has 1 aromatic heterocycles. The first kappa shape index (κ1) is 14.7. The fraction of sp³-hybridized carbons (Fsp3) is 0.667. The summed E-state index contributed by atoms with van der Waals surface area (Å²) >= 11 is 8.93. The van der Waals surface area contributed by atoms with Crippen LogP contribution in [0.25, 0.3) is 0 Å². The Bertz CT molecular complexity index is 321. The molecule has 1 rings (SSSR count). The van der Waals surface area contributed by atoms with Crippen LogP contribution in [0, 0.1) is 5.92 Å². The fourth-order valence-corrected chi connectivity index (χ4v) is 4.92. The lowest BCUT2D eigenvalue weighted by atomic mass is 9.92. The van der Waals surface area contributed by atoms with Crippen molar-refractivity contribution in [3.05, 3.63) is 19.2 Å². The number of rotatable bonds is 6. The molecular weight excluding hydrogens is 350 g/mol. The predicted octanol–water partition coefficient (Wildman–Crippen LogP) is 5.36. The lowest BCUT2D eigenvalue weighted by Gasteiger charge is -2.21. The average molecular weight is 369 g/mol. The molecule has 92 valence electrons. The Morgan fingerprint density at radius 3 is 2.31 bits per heavy atom. The van der Waals surface area contributed by atoms with Gasteiger partial charge in [0.2, 0.25) is 0 Å². The maximum Gasteiger partial charge on any atom is 0.0758 e. The van der Waals surface area contributed by atoms with E-state index in [0.717, 1.165) is 5.92 Å². The monoisotopic (exact) mass is 367 g/mol. The molecule has 0 radical (unpaired) electrons. The normalized spacial score (nSPS) is 13.4. The first-order chi connectivity index (χ1) is 7.62. The minimum atomic E-state index is 0.460. The van der Waals surface area contributed by atoms with Crippen LogP contribution in [0.5, 0.6) is 0 Å². The minimum Gasteiger partial charge on any atom is -0.313 e. The molecule has 1 nitrogen and oxygen atoms in total. The van der Waals surface area contributed by atoms with E-state index in [9.17, 15) is 0 Å².